The molecule has 9 nitrogen and oxygen atoms in total. The van der Waals surface area contributed by atoms with Crippen molar-refractivity contribution in [3.05, 3.63) is 35.9 Å². The van der Waals surface area contributed by atoms with Crippen molar-refractivity contribution in [2.75, 3.05) is 39.3 Å². The summed E-state index contributed by atoms with van der Waals surface area (Å²) in [4.78, 5) is 32.6. The van der Waals surface area contributed by atoms with E-state index in [-0.39, 0.29) is 18.1 Å². The molecule has 1 saturated heterocycles. The van der Waals surface area contributed by atoms with Gasteiger partial charge in [-0.2, -0.15) is 0 Å². The fraction of sp³-hybridized carbons (Fsp3) is 0.680. The number of aliphatic hydroxyl groups excluding tert-OH is 1. The Morgan fingerprint density at radius 3 is 2.56 bits per heavy atom. The van der Waals surface area contributed by atoms with Crippen molar-refractivity contribution in [2.24, 2.45) is 5.92 Å². The van der Waals surface area contributed by atoms with Crippen molar-refractivity contribution in [3.63, 3.8) is 0 Å². The zero-order valence-corrected chi connectivity index (χ0v) is 21.2. The highest BCUT2D eigenvalue weighted by molar-refractivity contribution is 5.89. The summed E-state index contributed by atoms with van der Waals surface area (Å²) in [5.74, 6) is -0.563. The molecule has 0 aliphatic carbocycles. The average molecular weight is 480 g/mol. The van der Waals surface area contributed by atoms with Gasteiger partial charge in [0.1, 0.15) is 5.60 Å². The summed E-state index contributed by atoms with van der Waals surface area (Å²) >= 11 is 0. The van der Waals surface area contributed by atoms with E-state index >= 15 is 0 Å². The molecule has 2 N–H and O–H groups in total. The lowest BCUT2D eigenvalue weighted by Gasteiger charge is -2.40. The number of nitrogens with zero attached hydrogens (tertiary/aromatic N) is 2. The molecule has 192 valence electrons. The minimum absolute atomic E-state index is 0.122. The smallest absolute Gasteiger partial charge is 0.410 e. The van der Waals surface area contributed by atoms with E-state index in [1.807, 2.05) is 33.8 Å². The second kappa shape index (κ2) is 13.6. The lowest BCUT2D eigenvalue weighted by atomic mass is 10.1. The van der Waals surface area contributed by atoms with Crippen molar-refractivity contribution >= 4 is 12.1 Å². The van der Waals surface area contributed by atoms with Crippen LogP contribution in [0.3, 0.4) is 0 Å². The van der Waals surface area contributed by atoms with E-state index in [0.29, 0.717) is 44.9 Å². The summed E-state index contributed by atoms with van der Waals surface area (Å²) in [5.41, 5.74) is -0.129. The van der Waals surface area contributed by atoms with Crippen LogP contribution >= 0.6 is 0 Å². The van der Waals surface area contributed by atoms with Gasteiger partial charge in [-0.25, -0.2) is 9.59 Å². The summed E-state index contributed by atoms with van der Waals surface area (Å²) in [7, 11) is 0. The molecular formula is C25H41N3O6. The Kier molecular flexibility index (Phi) is 11.2. The molecule has 9 heteroatoms. The molecule has 1 aliphatic rings. The molecule has 1 fully saturated rings. The predicted octanol–water partition coefficient (Wildman–Crippen LogP) is 3.04. The summed E-state index contributed by atoms with van der Waals surface area (Å²) in [6, 6.07) is 8.53. The number of unbranched alkanes of at least 4 members (excludes halogenated alkanes) is 1. The van der Waals surface area contributed by atoms with Gasteiger partial charge in [0.05, 0.1) is 18.2 Å². The van der Waals surface area contributed by atoms with Crippen LogP contribution in [0.25, 0.3) is 0 Å². The molecule has 1 amide bonds. The number of hydrogen-bond donors (Lipinski definition) is 2. The van der Waals surface area contributed by atoms with E-state index in [1.54, 1.807) is 34.2 Å². The molecule has 1 aromatic carbocycles. The van der Waals surface area contributed by atoms with Crippen LogP contribution in [0.1, 0.15) is 57.8 Å². The maximum atomic E-state index is 12.6. The molecule has 0 bridgehead atoms. The summed E-state index contributed by atoms with van der Waals surface area (Å²) in [6.07, 6.45) is 0.671. The highest BCUT2D eigenvalue weighted by Crippen LogP contribution is 2.17. The van der Waals surface area contributed by atoms with Crippen molar-refractivity contribution in [1.29, 1.82) is 0 Å². The van der Waals surface area contributed by atoms with Crippen LogP contribution in [0.15, 0.2) is 30.3 Å². The summed E-state index contributed by atoms with van der Waals surface area (Å²) < 4.78 is 11.0. The number of carbonyl (C=O) groups excluding carboxylic acids is 2. The quantitative estimate of drug-likeness (QED) is 0.369. The van der Waals surface area contributed by atoms with Gasteiger partial charge in [-0.05, 0) is 39.3 Å². The van der Waals surface area contributed by atoms with E-state index in [4.69, 9.17) is 14.3 Å². The van der Waals surface area contributed by atoms with E-state index in [0.717, 1.165) is 12.8 Å². The standard InChI is InChI=1S/C25H41N3O6/c1-6-7-15-32-22(29)19(2)16-26-17-21-18-27(24(31)33-25(3,4)5)13-14-28(21)34-23(30)20-11-9-8-10-12-20/h8-12,19,21-22,26,29H,6-7,13-18H2,1-5H3/t19?,21-,22?/m1/s1. The molecule has 2 rings (SSSR count). The third-order valence-electron chi connectivity index (χ3n) is 5.41. The zero-order chi connectivity index (χ0) is 25.1. The fourth-order valence-electron chi connectivity index (χ4n) is 3.44. The highest BCUT2D eigenvalue weighted by atomic mass is 16.7. The van der Waals surface area contributed by atoms with E-state index < -0.39 is 17.9 Å². The number of hydroxylamine groups is 2. The third-order valence-corrected chi connectivity index (χ3v) is 5.41. The van der Waals surface area contributed by atoms with Gasteiger partial charge in [0.2, 0.25) is 0 Å². The summed E-state index contributed by atoms with van der Waals surface area (Å²) in [5, 5.41) is 15.1. The van der Waals surface area contributed by atoms with Gasteiger partial charge in [-0.3, -0.25) is 0 Å². The summed E-state index contributed by atoms with van der Waals surface area (Å²) in [6.45, 7) is 12.0. The average Bonchev–Trinajstić information content (AvgIpc) is 2.79. The molecule has 0 radical (unpaired) electrons. The van der Waals surface area contributed by atoms with Gasteiger partial charge in [0, 0.05) is 38.7 Å². The SMILES string of the molecule is CCCCOC(O)C(C)CNC[C@@H]1CN(C(=O)OC(C)(C)C)CCN1OC(=O)c1ccccc1. The van der Waals surface area contributed by atoms with Gasteiger partial charge in [-0.15, -0.1) is 5.06 Å². The van der Waals surface area contributed by atoms with Gasteiger partial charge >= 0.3 is 12.1 Å². The molecule has 1 aliphatic heterocycles. The van der Waals surface area contributed by atoms with E-state index in [2.05, 4.69) is 12.2 Å². The molecule has 1 heterocycles. The van der Waals surface area contributed by atoms with Crippen LogP contribution in [0.2, 0.25) is 0 Å². The molecule has 0 spiro atoms. The van der Waals surface area contributed by atoms with Crippen LogP contribution < -0.4 is 5.32 Å². The Morgan fingerprint density at radius 2 is 1.91 bits per heavy atom. The number of benzene rings is 1. The van der Waals surface area contributed by atoms with Crippen LogP contribution in [0, 0.1) is 5.92 Å². The Labute approximate surface area is 203 Å². The fourth-order valence-corrected chi connectivity index (χ4v) is 3.44. The number of ether oxygens (including phenoxy) is 2. The van der Waals surface area contributed by atoms with Gasteiger partial charge < -0.3 is 29.6 Å². The topological polar surface area (TPSA) is 101 Å². The number of piperazine rings is 1. The molecule has 3 atom stereocenters. The maximum absolute atomic E-state index is 12.6. The van der Waals surface area contributed by atoms with Crippen molar-refractivity contribution in [3.8, 4) is 0 Å². The first-order valence-electron chi connectivity index (χ1n) is 12.1. The number of nitrogens with one attached hydrogen (secondary N) is 1. The molecular weight excluding hydrogens is 438 g/mol. The van der Waals surface area contributed by atoms with Crippen molar-refractivity contribution in [1.82, 2.24) is 15.3 Å². The van der Waals surface area contributed by atoms with Crippen LogP contribution in [-0.4, -0.2) is 84.4 Å². The third kappa shape index (κ3) is 9.58. The molecule has 0 aromatic heterocycles. The number of carbonyl (C=O) groups is 2. The van der Waals surface area contributed by atoms with E-state index in [9.17, 15) is 14.7 Å². The second-order valence-corrected chi connectivity index (χ2v) is 9.72. The molecule has 2 unspecified atom stereocenters. The number of amides is 1. The Morgan fingerprint density at radius 1 is 1.21 bits per heavy atom. The normalized spacial score (nSPS) is 18.9. The van der Waals surface area contributed by atoms with Crippen LogP contribution in [0.4, 0.5) is 4.79 Å². The minimum Gasteiger partial charge on any atom is -0.444 e. The zero-order valence-electron chi connectivity index (χ0n) is 21.2. The van der Waals surface area contributed by atoms with Crippen molar-refractivity contribution < 1.29 is 29.0 Å². The first kappa shape index (κ1) is 28.0. The van der Waals surface area contributed by atoms with Gasteiger partial charge in [-0.1, -0.05) is 38.5 Å². The Bertz CT molecular complexity index is 755. The Hall–Kier alpha value is -2.20. The van der Waals surface area contributed by atoms with E-state index in [1.165, 1.54) is 0 Å². The second-order valence-electron chi connectivity index (χ2n) is 9.72. The van der Waals surface area contributed by atoms with Crippen molar-refractivity contribution in [2.45, 2.75) is 65.4 Å². The van der Waals surface area contributed by atoms with Gasteiger partial charge in [0.25, 0.3) is 0 Å². The molecule has 0 saturated carbocycles. The largest absolute Gasteiger partial charge is 0.444 e. The maximum Gasteiger partial charge on any atom is 0.410 e. The predicted molar refractivity (Wildman–Crippen MR) is 129 cm³/mol. The number of rotatable bonds is 11. The molecule has 1 aromatic rings. The highest BCUT2D eigenvalue weighted by Gasteiger charge is 2.34. The monoisotopic (exact) mass is 479 g/mol. The number of hydrogen-bond acceptors (Lipinski definition) is 8. The minimum atomic E-state index is -0.851. The van der Waals surface area contributed by atoms with Crippen LogP contribution in [-0.2, 0) is 14.3 Å². The van der Waals surface area contributed by atoms with Gasteiger partial charge in [0.15, 0.2) is 6.29 Å². The lowest BCUT2D eigenvalue weighted by molar-refractivity contribution is -0.159. The first-order chi connectivity index (χ1) is 16.1. The van der Waals surface area contributed by atoms with Crippen LogP contribution in [0.5, 0.6) is 0 Å². The Balaban J connectivity index is 1.97. The number of aliphatic hydroxyl groups is 1. The molecule has 34 heavy (non-hydrogen) atoms. The lowest BCUT2D eigenvalue weighted by Crippen LogP contribution is -2.58. The first-order valence-corrected chi connectivity index (χ1v) is 12.1.